The lowest BCUT2D eigenvalue weighted by Gasteiger charge is -2.37. The van der Waals surface area contributed by atoms with Gasteiger partial charge in [0.15, 0.2) is 5.13 Å². The largest absolute Gasteiger partial charge is 0.497 e. The maximum atomic E-state index is 12.1. The predicted octanol–water partition coefficient (Wildman–Crippen LogP) is 2.89. The minimum Gasteiger partial charge on any atom is -0.497 e. The van der Waals surface area contributed by atoms with Gasteiger partial charge in [0.25, 0.3) is 0 Å². The van der Waals surface area contributed by atoms with Crippen molar-refractivity contribution in [1.29, 1.82) is 0 Å². The van der Waals surface area contributed by atoms with Gasteiger partial charge < -0.3 is 19.4 Å². The van der Waals surface area contributed by atoms with Gasteiger partial charge in [0.1, 0.15) is 5.75 Å². The number of thiazole rings is 1. The third kappa shape index (κ3) is 3.26. The highest BCUT2D eigenvalue weighted by molar-refractivity contribution is 7.22. The van der Waals surface area contributed by atoms with Crippen LogP contribution in [0.15, 0.2) is 18.2 Å². The molecule has 0 aliphatic carbocycles. The van der Waals surface area contributed by atoms with Gasteiger partial charge in [-0.25, -0.2) is 9.78 Å². The standard InChI is InChI=1S/C17H24N4O2S/c1-19(2)17(22)20(3)12-7-9-21(10-8-12)16-18-14-6-5-13(23-4)11-15(14)24-16/h5-6,11-12H,7-10H2,1-4H3. The summed E-state index contributed by atoms with van der Waals surface area (Å²) in [5, 5.41) is 1.05. The molecule has 0 spiro atoms. The molecular weight excluding hydrogens is 324 g/mol. The Bertz CT molecular complexity index is 722. The van der Waals surface area contributed by atoms with Gasteiger partial charge in [-0.15, -0.1) is 0 Å². The molecular formula is C17H24N4O2S. The minimum absolute atomic E-state index is 0.0699. The molecule has 2 aromatic rings. The molecule has 0 N–H and O–H groups in total. The van der Waals surface area contributed by atoms with Crippen molar-refractivity contribution in [3.05, 3.63) is 18.2 Å². The van der Waals surface area contributed by atoms with Crippen molar-refractivity contribution in [2.45, 2.75) is 18.9 Å². The van der Waals surface area contributed by atoms with Gasteiger partial charge in [-0.1, -0.05) is 11.3 Å². The molecule has 0 unspecified atom stereocenters. The van der Waals surface area contributed by atoms with Crippen molar-refractivity contribution in [2.24, 2.45) is 0 Å². The van der Waals surface area contributed by atoms with Crippen LogP contribution in [0.4, 0.5) is 9.93 Å². The van der Waals surface area contributed by atoms with Crippen molar-refractivity contribution >= 4 is 32.7 Å². The molecule has 1 aliphatic rings. The summed E-state index contributed by atoms with van der Waals surface area (Å²) in [7, 11) is 7.17. The molecule has 130 valence electrons. The fourth-order valence-corrected chi connectivity index (χ4v) is 4.12. The van der Waals surface area contributed by atoms with Crippen LogP contribution in [-0.4, -0.2) is 68.2 Å². The SMILES string of the molecule is COc1ccc2nc(N3CCC(N(C)C(=O)N(C)C)CC3)sc2c1. The highest BCUT2D eigenvalue weighted by Gasteiger charge is 2.27. The molecule has 2 heterocycles. The molecule has 6 nitrogen and oxygen atoms in total. The number of carbonyl (C=O) groups is 1. The summed E-state index contributed by atoms with van der Waals surface area (Å²) in [6.07, 6.45) is 1.94. The summed E-state index contributed by atoms with van der Waals surface area (Å²) in [5.41, 5.74) is 1.01. The number of hydrogen-bond donors (Lipinski definition) is 0. The van der Waals surface area contributed by atoms with Crippen molar-refractivity contribution in [3.63, 3.8) is 0 Å². The number of nitrogens with zero attached hydrogens (tertiary/aromatic N) is 4. The number of piperidine rings is 1. The number of urea groups is 1. The van der Waals surface area contributed by atoms with E-state index in [0.717, 1.165) is 47.0 Å². The van der Waals surface area contributed by atoms with E-state index in [9.17, 15) is 4.79 Å². The second-order valence-corrected chi connectivity index (χ2v) is 7.35. The van der Waals surface area contributed by atoms with Crippen LogP contribution in [0, 0.1) is 0 Å². The highest BCUT2D eigenvalue weighted by Crippen LogP contribution is 2.33. The Hall–Kier alpha value is -2.02. The van der Waals surface area contributed by atoms with Gasteiger partial charge in [0.05, 0.1) is 17.3 Å². The Morgan fingerprint density at radius 2 is 2.00 bits per heavy atom. The smallest absolute Gasteiger partial charge is 0.319 e. The van der Waals surface area contributed by atoms with Gasteiger partial charge in [0.2, 0.25) is 0 Å². The van der Waals surface area contributed by atoms with Crippen molar-refractivity contribution in [3.8, 4) is 5.75 Å². The van der Waals surface area contributed by atoms with E-state index in [4.69, 9.17) is 9.72 Å². The maximum absolute atomic E-state index is 12.1. The zero-order chi connectivity index (χ0) is 17.3. The highest BCUT2D eigenvalue weighted by atomic mass is 32.1. The topological polar surface area (TPSA) is 48.9 Å². The molecule has 2 amide bonds. The van der Waals surface area contributed by atoms with Crippen LogP contribution in [-0.2, 0) is 0 Å². The first-order valence-corrected chi connectivity index (χ1v) is 8.95. The summed E-state index contributed by atoms with van der Waals surface area (Å²) in [6.45, 7) is 1.85. The molecule has 24 heavy (non-hydrogen) atoms. The second kappa shape index (κ2) is 6.84. The molecule has 0 atom stereocenters. The monoisotopic (exact) mass is 348 g/mol. The maximum Gasteiger partial charge on any atom is 0.319 e. The van der Waals surface area contributed by atoms with E-state index < -0.39 is 0 Å². The molecule has 1 aliphatic heterocycles. The molecule has 1 aromatic carbocycles. The van der Waals surface area contributed by atoms with Crippen LogP contribution in [0.2, 0.25) is 0 Å². The number of hydrogen-bond acceptors (Lipinski definition) is 5. The van der Waals surface area contributed by atoms with E-state index in [1.807, 2.05) is 30.1 Å². The van der Waals surface area contributed by atoms with Crippen LogP contribution < -0.4 is 9.64 Å². The lowest BCUT2D eigenvalue weighted by Crippen LogP contribution is -2.48. The Labute approximate surface area is 146 Å². The zero-order valence-corrected chi connectivity index (χ0v) is 15.5. The summed E-state index contributed by atoms with van der Waals surface area (Å²) in [6, 6.07) is 6.35. The molecule has 0 saturated carbocycles. The fraction of sp³-hybridized carbons (Fsp3) is 0.529. The number of ether oxygens (including phenoxy) is 1. The Morgan fingerprint density at radius 1 is 1.29 bits per heavy atom. The van der Waals surface area contributed by atoms with Crippen LogP contribution in [0.1, 0.15) is 12.8 Å². The van der Waals surface area contributed by atoms with E-state index in [1.165, 1.54) is 0 Å². The van der Waals surface area contributed by atoms with Crippen LogP contribution in [0.5, 0.6) is 5.75 Å². The van der Waals surface area contributed by atoms with Gasteiger partial charge in [0, 0.05) is 40.3 Å². The third-order valence-corrected chi connectivity index (χ3v) is 5.63. The van der Waals surface area contributed by atoms with Gasteiger partial charge >= 0.3 is 6.03 Å². The number of methoxy groups -OCH3 is 1. The van der Waals surface area contributed by atoms with Crippen molar-refractivity contribution in [1.82, 2.24) is 14.8 Å². The minimum atomic E-state index is 0.0699. The average Bonchev–Trinajstić information content (AvgIpc) is 3.03. The molecule has 0 radical (unpaired) electrons. The first-order valence-electron chi connectivity index (χ1n) is 8.13. The summed E-state index contributed by atoms with van der Waals surface area (Å²) in [4.78, 5) is 22.6. The average molecular weight is 348 g/mol. The van der Waals surface area contributed by atoms with Crippen LogP contribution in [0.3, 0.4) is 0 Å². The number of carbonyl (C=O) groups excluding carboxylic acids is 1. The number of rotatable bonds is 3. The quantitative estimate of drug-likeness (QED) is 0.856. The fourth-order valence-electron chi connectivity index (χ4n) is 3.07. The number of fused-ring (bicyclic) bond motifs is 1. The first-order chi connectivity index (χ1) is 11.5. The van der Waals surface area contributed by atoms with Crippen LogP contribution >= 0.6 is 11.3 Å². The summed E-state index contributed by atoms with van der Waals surface area (Å²) < 4.78 is 6.43. The lowest BCUT2D eigenvalue weighted by atomic mass is 10.0. The van der Waals surface area contributed by atoms with Crippen LogP contribution in [0.25, 0.3) is 10.2 Å². The normalized spacial score (nSPS) is 15.6. The molecule has 0 bridgehead atoms. The number of amides is 2. The predicted molar refractivity (Wildman–Crippen MR) is 98.3 cm³/mol. The van der Waals surface area contributed by atoms with E-state index >= 15 is 0 Å². The zero-order valence-electron chi connectivity index (χ0n) is 14.7. The molecule has 1 fully saturated rings. The molecule has 7 heteroatoms. The number of aromatic nitrogens is 1. The van der Waals surface area contributed by atoms with Gasteiger partial charge in [-0.3, -0.25) is 0 Å². The Morgan fingerprint density at radius 3 is 2.62 bits per heavy atom. The third-order valence-electron chi connectivity index (χ3n) is 4.55. The summed E-state index contributed by atoms with van der Waals surface area (Å²) in [5.74, 6) is 0.861. The first kappa shape index (κ1) is 16.8. The molecule has 3 rings (SSSR count). The Balaban J connectivity index is 1.67. The van der Waals surface area contributed by atoms with E-state index in [1.54, 1.807) is 37.4 Å². The van der Waals surface area contributed by atoms with E-state index in [2.05, 4.69) is 4.90 Å². The molecule has 1 aromatic heterocycles. The van der Waals surface area contributed by atoms with E-state index in [-0.39, 0.29) is 6.03 Å². The molecule has 1 saturated heterocycles. The van der Waals surface area contributed by atoms with E-state index in [0.29, 0.717) is 6.04 Å². The van der Waals surface area contributed by atoms with Gasteiger partial charge in [-0.05, 0) is 31.0 Å². The number of benzene rings is 1. The number of anilines is 1. The second-order valence-electron chi connectivity index (χ2n) is 6.34. The summed E-state index contributed by atoms with van der Waals surface area (Å²) >= 11 is 1.70. The lowest BCUT2D eigenvalue weighted by molar-refractivity contribution is 0.155. The van der Waals surface area contributed by atoms with Crippen molar-refractivity contribution < 1.29 is 9.53 Å². The Kier molecular flexibility index (Phi) is 4.80. The van der Waals surface area contributed by atoms with Crippen molar-refractivity contribution in [2.75, 3.05) is 46.2 Å². The van der Waals surface area contributed by atoms with Gasteiger partial charge in [-0.2, -0.15) is 0 Å².